The Balaban J connectivity index is 1.86. The van der Waals surface area contributed by atoms with Crippen LogP contribution in [0.15, 0.2) is 0 Å². The Morgan fingerprint density at radius 3 is 2.62 bits per heavy atom. The lowest BCUT2D eigenvalue weighted by Crippen LogP contribution is -2.40. The molecule has 1 aliphatic heterocycles. The van der Waals surface area contributed by atoms with Crippen molar-refractivity contribution in [3.8, 4) is 0 Å². The highest BCUT2D eigenvalue weighted by Gasteiger charge is 2.29. The molecule has 16 heavy (non-hydrogen) atoms. The first kappa shape index (κ1) is 11.9. The van der Waals surface area contributed by atoms with E-state index in [-0.39, 0.29) is 6.04 Å². The van der Waals surface area contributed by atoms with Gasteiger partial charge in [-0.2, -0.15) is 0 Å². The van der Waals surface area contributed by atoms with E-state index in [4.69, 9.17) is 5.73 Å². The molecule has 3 atom stereocenters. The first-order valence-electron chi connectivity index (χ1n) is 6.73. The summed E-state index contributed by atoms with van der Waals surface area (Å²) in [6.45, 7) is 3.12. The summed E-state index contributed by atoms with van der Waals surface area (Å²) in [4.78, 5) is 14.2. The molecule has 1 aliphatic carbocycles. The van der Waals surface area contributed by atoms with Crippen molar-refractivity contribution in [2.75, 3.05) is 6.54 Å². The second-order valence-corrected chi connectivity index (χ2v) is 5.49. The van der Waals surface area contributed by atoms with Crippen molar-refractivity contribution < 1.29 is 4.79 Å². The van der Waals surface area contributed by atoms with Crippen molar-refractivity contribution in [2.24, 2.45) is 11.7 Å². The number of carbonyl (C=O) groups excluding carboxylic acids is 1. The van der Waals surface area contributed by atoms with Crippen molar-refractivity contribution in [1.82, 2.24) is 4.90 Å². The van der Waals surface area contributed by atoms with E-state index in [1.54, 1.807) is 0 Å². The van der Waals surface area contributed by atoms with Gasteiger partial charge in [-0.15, -0.1) is 0 Å². The highest BCUT2D eigenvalue weighted by molar-refractivity contribution is 5.77. The normalized spacial score (nSPS) is 35.4. The summed E-state index contributed by atoms with van der Waals surface area (Å²) in [6.07, 6.45) is 7.77. The van der Waals surface area contributed by atoms with Gasteiger partial charge >= 0.3 is 0 Å². The lowest BCUT2D eigenvalue weighted by Gasteiger charge is -2.30. The fourth-order valence-electron chi connectivity index (χ4n) is 3.14. The number of likely N-dealkylation sites (tertiary alicyclic amines) is 1. The molecule has 3 unspecified atom stereocenters. The van der Waals surface area contributed by atoms with E-state index in [0.29, 0.717) is 24.3 Å². The monoisotopic (exact) mass is 224 g/mol. The van der Waals surface area contributed by atoms with Crippen LogP contribution in [-0.4, -0.2) is 29.4 Å². The molecular formula is C13H24N2O. The second kappa shape index (κ2) is 5.17. The SMILES string of the molecule is CC1CCCN1C(=O)CC1CCCCC1N. The number of amides is 1. The average molecular weight is 224 g/mol. The van der Waals surface area contributed by atoms with Gasteiger partial charge in [0, 0.05) is 25.0 Å². The molecule has 0 aromatic heterocycles. The molecule has 0 aromatic carbocycles. The van der Waals surface area contributed by atoms with Crippen molar-refractivity contribution in [2.45, 2.75) is 64.0 Å². The van der Waals surface area contributed by atoms with Gasteiger partial charge in [-0.1, -0.05) is 12.8 Å². The third kappa shape index (κ3) is 2.57. The maximum absolute atomic E-state index is 12.1. The summed E-state index contributed by atoms with van der Waals surface area (Å²) in [7, 11) is 0. The summed E-state index contributed by atoms with van der Waals surface area (Å²) < 4.78 is 0. The zero-order chi connectivity index (χ0) is 11.5. The molecule has 0 bridgehead atoms. The van der Waals surface area contributed by atoms with Gasteiger partial charge < -0.3 is 10.6 Å². The molecular weight excluding hydrogens is 200 g/mol. The Kier molecular flexibility index (Phi) is 3.85. The Hall–Kier alpha value is -0.570. The lowest BCUT2D eigenvalue weighted by atomic mass is 9.82. The number of rotatable bonds is 2. The topological polar surface area (TPSA) is 46.3 Å². The van der Waals surface area contributed by atoms with Gasteiger partial charge in [0.2, 0.25) is 5.91 Å². The number of hydrogen-bond acceptors (Lipinski definition) is 2. The number of nitrogens with two attached hydrogens (primary N) is 1. The van der Waals surface area contributed by atoms with Crippen LogP contribution in [0.5, 0.6) is 0 Å². The maximum atomic E-state index is 12.1. The molecule has 0 radical (unpaired) electrons. The van der Waals surface area contributed by atoms with E-state index in [1.807, 2.05) is 0 Å². The van der Waals surface area contributed by atoms with E-state index in [1.165, 1.54) is 25.7 Å². The molecule has 92 valence electrons. The summed E-state index contributed by atoms with van der Waals surface area (Å²) >= 11 is 0. The second-order valence-electron chi connectivity index (χ2n) is 5.49. The molecule has 1 amide bonds. The molecule has 3 heteroatoms. The van der Waals surface area contributed by atoms with Crippen molar-refractivity contribution in [3.05, 3.63) is 0 Å². The Bertz CT molecular complexity index is 254. The minimum Gasteiger partial charge on any atom is -0.340 e. The van der Waals surface area contributed by atoms with Crippen LogP contribution in [0.4, 0.5) is 0 Å². The van der Waals surface area contributed by atoms with Gasteiger partial charge in [-0.3, -0.25) is 4.79 Å². The minimum atomic E-state index is 0.260. The number of carbonyl (C=O) groups is 1. The summed E-state index contributed by atoms with van der Waals surface area (Å²) in [5, 5.41) is 0. The van der Waals surface area contributed by atoms with E-state index >= 15 is 0 Å². The summed E-state index contributed by atoms with van der Waals surface area (Å²) in [5.41, 5.74) is 6.09. The van der Waals surface area contributed by atoms with Crippen LogP contribution in [-0.2, 0) is 4.79 Å². The molecule has 2 rings (SSSR count). The molecule has 2 fully saturated rings. The van der Waals surface area contributed by atoms with Gasteiger partial charge in [0.15, 0.2) is 0 Å². The maximum Gasteiger partial charge on any atom is 0.223 e. The highest BCUT2D eigenvalue weighted by Crippen LogP contribution is 2.27. The molecule has 2 aliphatic rings. The van der Waals surface area contributed by atoms with Crippen LogP contribution in [0.1, 0.15) is 51.9 Å². The van der Waals surface area contributed by atoms with Gasteiger partial charge in [0.05, 0.1) is 0 Å². The third-order valence-corrected chi connectivity index (χ3v) is 4.28. The molecule has 1 saturated heterocycles. The largest absolute Gasteiger partial charge is 0.340 e. The van der Waals surface area contributed by atoms with Crippen molar-refractivity contribution in [3.63, 3.8) is 0 Å². The van der Waals surface area contributed by atoms with Crippen molar-refractivity contribution >= 4 is 5.91 Å². The molecule has 3 nitrogen and oxygen atoms in total. The van der Waals surface area contributed by atoms with Crippen LogP contribution >= 0.6 is 0 Å². The predicted octanol–water partition coefficient (Wildman–Crippen LogP) is 1.90. The van der Waals surface area contributed by atoms with Crippen LogP contribution in [0.25, 0.3) is 0 Å². The summed E-state index contributed by atoms with van der Waals surface area (Å²) in [5.74, 6) is 0.779. The van der Waals surface area contributed by atoms with Crippen LogP contribution in [0, 0.1) is 5.92 Å². The van der Waals surface area contributed by atoms with E-state index in [2.05, 4.69) is 11.8 Å². The van der Waals surface area contributed by atoms with Crippen molar-refractivity contribution in [1.29, 1.82) is 0 Å². The van der Waals surface area contributed by atoms with Crippen LogP contribution in [0.3, 0.4) is 0 Å². The molecule has 1 heterocycles. The minimum absolute atomic E-state index is 0.260. The fourth-order valence-corrected chi connectivity index (χ4v) is 3.14. The highest BCUT2D eigenvalue weighted by atomic mass is 16.2. The molecule has 1 saturated carbocycles. The Morgan fingerprint density at radius 1 is 1.25 bits per heavy atom. The predicted molar refractivity (Wildman–Crippen MR) is 65.0 cm³/mol. The molecule has 0 aromatic rings. The van der Waals surface area contributed by atoms with Gasteiger partial charge in [0.1, 0.15) is 0 Å². The zero-order valence-corrected chi connectivity index (χ0v) is 10.3. The number of hydrogen-bond donors (Lipinski definition) is 1. The van der Waals surface area contributed by atoms with Gasteiger partial charge in [-0.25, -0.2) is 0 Å². The third-order valence-electron chi connectivity index (χ3n) is 4.28. The first-order chi connectivity index (χ1) is 7.68. The van der Waals surface area contributed by atoms with Gasteiger partial charge in [-0.05, 0) is 38.5 Å². The van der Waals surface area contributed by atoms with E-state index in [9.17, 15) is 4.79 Å². The van der Waals surface area contributed by atoms with E-state index < -0.39 is 0 Å². The molecule has 0 spiro atoms. The van der Waals surface area contributed by atoms with Crippen LogP contribution in [0.2, 0.25) is 0 Å². The quantitative estimate of drug-likeness (QED) is 0.778. The average Bonchev–Trinajstić information content (AvgIpc) is 2.68. The van der Waals surface area contributed by atoms with E-state index in [0.717, 1.165) is 19.4 Å². The summed E-state index contributed by atoms with van der Waals surface area (Å²) in [6, 6.07) is 0.711. The Morgan fingerprint density at radius 2 is 2.00 bits per heavy atom. The Labute approximate surface area is 98.4 Å². The lowest BCUT2D eigenvalue weighted by molar-refractivity contribution is -0.133. The zero-order valence-electron chi connectivity index (χ0n) is 10.3. The fraction of sp³-hybridized carbons (Fsp3) is 0.923. The molecule has 2 N–H and O–H groups in total. The van der Waals surface area contributed by atoms with Crippen LogP contribution < -0.4 is 5.73 Å². The number of nitrogens with zero attached hydrogens (tertiary/aromatic N) is 1. The standard InChI is InChI=1S/C13H24N2O/c1-10-5-4-8-15(10)13(16)9-11-6-2-3-7-12(11)14/h10-12H,2-9,14H2,1H3. The smallest absolute Gasteiger partial charge is 0.223 e. The first-order valence-corrected chi connectivity index (χ1v) is 6.73. The van der Waals surface area contributed by atoms with Gasteiger partial charge in [0.25, 0.3) is 0 Å².